The van der Waals surface area contributed by atoms with Crippen molar-refractivity contribution >= 4 is 29.4 Å². The summed E-state index contributed by atoms with van der Waals surface area (Å²) in [6.45, 7) is 1.58. The second-order valence-corrected chi connectivity index (χ2v) is 8.38. The molecule has 2 aliphatic heterocycles. The van der Waals surface area contributed by atoms with Gasteiger partial charge in [-0.15, -0.1) is 0 Å². The van der Waals surface area contributed by atoms with Gasteiger partial charge in [0.25, 0.3) is 17.7 Å². The highest BCUT2D eigenvalue weighted by molar-refractivity contribution is 6.21. The maximum Gasteiger partial charge on any atom is 0.338 e. The van der Waals surface area contributed by atoms with Gasteiger partial charge in [-0.1, -0.05) is 18.2 Å². The molecule has 2 aliphatic rings. The predicted molar refractivity (Wildman–Crippen MR) is 130 cm³/mol. The van der Waals surface area contributed by atoms with Crippen molar-refractivity contribution in [3.63, 3.8) is 0 Å². The molecule has 188 valence electrons. The lowest BCUT2D eigenvalue weighted by Crippen LogP contribution is -2.30. The summed E-state index contributed by atoms with van der Waals surface area (Å²) in [5.74, 6) is -0.763. The molecule has 0 unspecified atom stereocenters. The molecule has 0 aliphatic carbocycles. The number of ether oxygens (including phenoxy) is 4. The number of imide groups is 1. The highest BCUT2D eigenvalue weighted by Crippen LogP contribution is 2.34. The highest BCUT2D eigenvalue weighted by Gasteiger charge is 2.36. The summed E-state index contributed by atoms with van der Waals surface area (Å²) < 4.78 is 21.2. The fraction of sp³-hybridized carbons (Fsp3) is 0.185. The van der Waals surface area contributed by atoms with E-state index in [4.69, 9.17) is 18.9 Å². The Hall–Kier alpha value is -4.86. The molecule has 0 saturated carbocycles. The van der Waals surface area contributed by atoms with Gasteiger partial charge in [-0.05, 0) is 55.0 Å². The summed E-state index contributed by atoms with van der Waals surface area (Å²) in [5, 5.41) is 2.65. The summed E-state index contributed by atoms with van der Waals surface area (Å²) in [7, 11) is 1.48. The van der Waals surface area contributed by atoms with Gasteiger partial charge in [0, 0.05) is 0 Å². The van der Waals surface area contributed by atoms with Crippen LogP contribution in [0.4, 0.5) is 5.69 Å². The SMILES string of the molecule is COc1ccccc1NC(=O)[C@H](C)OC(=O)c1ccc2c(c1)C(=O)N(Cc1ccc3c(c1)OCO3)C2=O. The minimum absolute atomic E-state index is 0.0307. The Kier molecular flexibility index (Phi) is 6.22. The summed E-state index contributed by atoms with van der Waals surface area (Å²) in [6, 6.07) is 16.1. The number of esters is 1. The number of anilines is 1. The van der Waals surface area contributed by atoms with Crippen LogP contribution in [0.1, 0.15) is 43.6 Å². The van der Waals surface area contributed by atoms with E-state index < -0.39 is 29.8 Å². The van der Waals surface area contributed by atoms with Gasteiger partial charge in [0.1, 0.15) is 5.75 Å². The number of carbonyl (C=O) groups excluding carboxylic acids is 4. The monoisotopic (exact) mass is 502 g/mol. The summed E-state index contributed by atoms with van der Waals surface area (Å²) in [4.78, 5) is 52.3. The molecule has 1 atom stereocenters. The maximum absolute atomic E-state index is 13.0. The Morgan fingerprint density at radius 2 is 1.73 bits per heavy atom. The van der Waals surface area contributed by atoms with E-state index in [0.29, 0.717) is 28.5 Å². The topological polar surface area (TPSA) is 120 Å². The van der Waals surface area contributed by atoms with E-state index in [2.05, 4.69) is 5.32 Å². The molecule has 10 heteroatoms. The minimum atomic E-state index is -1.13. The summed E-state index contributed by atoms with van der Waals surface area (Å²) in [6.07, 6.45) is -1.13. The summed E-state index contributed by atoms with van der Waals surface area (Å²) >= 11 is 0. The predicted octanol–water partition coefficient (Wildman–Crippen LogP) is 3.40. The van der Waals surface area contributed by atoms with Crippen LogP contribution in [0.5, 0.6) is 17.2 Å². The van der Waals surface area contributed by atoms with Crippen LogP contribution in [0.2, 0.25) is 0 Å². The minimum Gasteiger partial charge on any atom is -0.495 e. The van der Waals surface area contributed by atoms with Crippen LogP contribution < -0.4 is 19.5 Å². The number of nitrogens with zero attached hydrogens (tertiary/aromatic N) is 1. The van der Waals surface area contributed by atoms with E-state index in [1.54, 1.807) is 42.5 Å². The quantitative estimate of drug-likeness (QED) is 0.386. The number of rotatable bonds is 7. The third-order valence-electron chi connectivity index (χ3n) is 6.00. The molecule has 0 radical (unpaired) electrons. The number of para-hydroxylation sites is 2. The van der Waals surface area contributed by atoms with Crippen LogP contribution in [0, 0.1) is 0 Å². The van der Waals surface area contributed by atoms with Crippen LogP contribution in [-0.2, 0) is 16.1 Å². The van der Waals surface area contributed by atoms with Crippen molar-refractivity contribution in [3.05, 3.63) is 82.9 Å². The molecule has 10 nitrogen and oxygen atoms in total. The van der Waals surface area contributed by atoms with Crippen molar-refractivity contribution in [1.82, 2.24) is 4.90 Å². The van der Waals surface area contributed by atoms with Gasteiger partial charge in [-0.2, -0.15) is 0 Å². The number of carbonyl (C=O) groups is 4. The molecule has 2 heterocycles. The first-order valence-electron chi connectivity index (χ1n) is 11.4. The highest BCUT2D eigenvalue weighted by atomic mass is 16.7. The molecule has 37 heavy (non-hydrogen) atoms. The second-order valence-electron chi connectivity index (χ2n) is 8.38. The van der Waals surface area contributed by atoms with Crippen molar-refractivity contribution in [3.8, 4) is 17.2 Å². The first kappa shape index (κ1) is 23.9. The summed E-state index contributed by atoms with van der Waals surface area (Å²) in [5.41, 5.74) is 1.44. The van der Waals surface area contributed by atoms with Gasteiger partial charge < -0.3 is 24.3 Å². The van der Waals surface area contributed by atoms with E-state index in [1.807, 2.05) is 0 Å². The van der Waals surface area contributed by atoms with Gasteiger partial charge in [-0.3, -0.25) is 19.3 Å². The molecular formula is C27H22N2O8. The Labute approximate surface area is 211 Å². The van der Waals surface area contributed by atoms with E-state index >= 15 is 0 Å². The average molecular weight is 502 g/mol. The molecule has 0 saturated heterocycles. The standard InChI is InChI=1S/C27H22N2O8/c1-15(24(30)28-20-5-3-4-6-21(20)34-2)37-27(33)17-8-9-18-19(12-17)26(32)29(25(18)31)13-16-7-10-22-23(11-16)36-14-35-22/h3-12,15H,13-14H2,1-2H3,(H,28,30)/t15-/m0/s1. The van der Waals surface area contributed by atoms with Crippen molar-refractivity contribution in [1.29, 1.82) is 0 Å². The number of hydrogen-bond acceptors (Lipinski definition) is 8. The van der Waals surface area contributed by atoms with Gasteiger partial charge in [0.15, 0.2) is 17.6 Å². The van der Waals surface area contributed by atoms with E-state index in [1.165, 1.54) is 32.2 Å². The molecule has 5 rings (SSSR count). The smallest absolute Gasteiger partial charge is 0.338 e. The fourth-order valence-electron chi connectivity index (χ4n) is 4.05. The number of hydrogen-bond donors (Lipinski definition) is 1. The van der Waals surface area contributed by atoms with Crippen molar-refractivity contribution in [2.24, 2.45) is 0 Å². The number of methoxy groups -OCH3 is 1. The van der Waals surface area contributed by atoms with Crippen LogP contribution in [0.15, 0.2) is 60.7 Å². The normalized spacial score (nSPS) is 14.3. The van der Waals surface area contributed by atoms with E-state index in [0.717, 1.165) is 4.90 Å². The molecule has 3 amide bonds. The molecule has 0 fully saturated rings. The number of benzene rings is 3. The van der Waals surface area contributed by atoms with Crippen molar-refractivity contribution < 1.29 is 38.1 Å². The van der Waals surface area contributed by atoms with E-state index in [-0.39, 0.29) is 30.0 Å². The van der Waals surface area contributed by atoms with Gasteiger partial charge in [0.05, 0.1) is 36.0 Å². The number of fused-ring (bicyclic) bond motifs is 2. The van der Waals surface area contributed by atoms with Crippen LogP contribution >= 0.6 is 0 Å². The average Bonchev–Trinajstić information content (AvgIpc) is 3.47. The number of amides is 3. The lowest BCUT2D eigenvalue weighted by molar-refractivity contribution is -0.123. The van der Waals surface area contributed by atoms with Crippen molar-refractivity contribution in [2.75, 3.05) is 19.2 Å². The Morgan fingerprint density at radius 3 is 2.54 bits per heavy atom. The lowest BCUT2D eigenvalue weighted by Gasteiger charge is -2.15. The third-order valence-corrected chi connectivity index (χ3v) is 6.00. The Morgan fingerprint density at radius 1 is 0.973 bits per heavy atom. The zero-order valence-electron chi connectivity index (χ0n) is 20.0. The van der Waals surface area contributed by atoms with Crippen LogP contribution in [0.3, 0.4) is 0 Å². The second kappa shape index (κ2) is 9.65. The third kappa shape index (κ3) is 4.56. The van der Waals surface area contributed by atoms with Gasteiger partial charge in [-0.25, -0.2) is 4.79 Å². The first-order chi connectivity index (χ1) is 17.9. The van der Waals surface area contributed by atoms with Crippen LogP contribution in [0.25, 0.3) is 0 Å². The van der Waals surface area contributed by atoms with Crippen molar-refractivity contribution in [2.45, 2.75) is 19.6 Å². The molecule has 0 bridgehead atoms. The molecule has 3 aromatic rings. The number of nitrogens with one attached hydrogen (secondary N) is 1. The molecule has 0 aromatic heterocycles. The molecule has 0 spiro atoms. The van der Waals surface area contributed by atoms with E-state index in [9.17, 15) is 19.2 Å². The van der Waals surface area contributed by atoms with Crippen LogP contribution in [-0.4, -0.2) is 48.6 Å². The zero-order valence-corrected chi connectivity index (χ0v) is 20.0. The fourth-order valence-corrected chi connectivity index (χ4v) is 4.05. The Bertz CT molecular complexity index is 1430. The molecular weight excluding hydrogens is 480 g/mol. The maximum atomic E-state index is 13.0. The largest absolute Gasteiger partial charge is 0.495 e. The van der Waals surface area contributed by atoms with Gasteiger partial charge in [0.2, 0.25) is 6.79 Å². The molecule has 1 N–H and O–H groups in total. The lowest BCUT2D eigenvalue weighted by atomic mass is 10.1. The van der Waals surface area contributed by atoms with Gasteiger partial charge >= 0.3 is 5.97 Å². The first-order valence-corrected chi connectivity index (χ1v) is 11.4. The zero-order chi connectivity index (χ0) is 26.1. The molecule has 3 aromatic carbocycles. The Balaban J connectivity index is 1.27.